The molecule has 0 aliphatic rings. The maximum Gasteiger partial charge on any atom is 0.138 e. The third kappa shape index (κ3) is 3.02. The van der Waals surface area contributed by atoms with Crippen LogP contribution >= 0.6 is 11.6 Å². The van der Waals surface area contributed by atoms with Crippen molar-refractivity contribution in [3.05, 3.63) is 52.9 Å². The minimum Gasteiger partial charge on any atom is -0.487 e. The first-order valence-corrected chi connectivity index (χ1v) is 5.76. The van der Waals surface area contributed by atoms with Crippen molar-refractivity contribution in [1.82, 2.24) is 5.32 Å². The zero-order valence-corrected chi connectivity index (χ0v) is 10.3. The Hall–Kier alpha value is -1.45. The molecule has 0 fully saturated rings. The van der Waals surface area contributed by atoms with Crippen LogP contribution in [0.25, 0.3) is 0 Å². The summed E-state index contributed by atoms with van der Waals surface area (Å²) in [6, 6.07) is 9.33. The number of rotatable bonds is 5. The molecule has 3 nitrogen and oxygen atoms in total. The molecule has 0 atom stereocenters. The average Bonchev–Trinajstić information content (AvgIpc) is 2.76. The highest BCUT2D eigenvalue weighted by Crippen LogP contribution is 2.24. The second kappa shape index (κ2) is 5.75. The summed E-state index contributed by atoms with van der Waals surface area (Å²) >= 11 is 6.00. The van der Waals surface area contributed by atoms with E-state index in [2.05, 4.69) is 5.32 Å². The van der Waals surface area contributed by atoms with E-state index in [0.717, 1.165) is 11.3 Å². The van der Waals surface area contributed by atoms with Crippen LogP contribution in [0.3, 0.4) is 0 Å². The lowest BCUT2D eigenvalue weighted by Crippen LogP contribution is -2.07. The first-order chi connectivity index (χ1) is 8.31. The number of furan rings is 1. The van der Waals surface area contributed by atoms with Gasteiger partial charge in [0.25, 0.3) is 0 Å². The molecule has 0 radical (unpaired) electrons. The van der Waals surface area contributed by atoms with Crippen molar-refractivity contribution in [3.8, 4) is 5.75 Å². The van der Waals surface area contributed by atoms with Gasteiger partial charge in [-0.05, 0) is 25.2 Å². The summed E-state index contributed by atoms with van der Waals surface area (Å²) in [7, 11) is 1.88. The highest BCUT2D eigenvalue weighted by Gasteiger charge is 2.07. The van der Waals surface area contributed by atoms with Crippen LogP contribution in [-0.2, 0) is 13.2 Å². The molecular weight excluding hydrogens is 238 g/mol. The zero-order chi connectivity index (χ0) is 12.1. The van der Waals surface area contributed by atoms with Crippen molar-refractivity contribution in [2.24, 2.45) is 0 Å². The van der Waals surface area contributed by atoms with Crippen molar-refractivity contribution in [1.29, 1.82) is 0 Å². The fourth-order valence-corrected chi connectivity index (χ4v) is 1.72. The van der Waals surface area contributed by atoms with Gasteiger partial charge in [0, 0.05) is 5.56 Å². The van der Waals surface area contributed by atoms with Gasteiger partial charge < -0.3 is 14.5 Å². The average molecular weight is 252 g/mol. The van der Waals surface area contributed by atoms with Crippen molar-refractivity contribution in [2.45, 2.75) is 13.2 Å². The van der Waals surface area contributed by atoms with Gasteiger partial charge in [-0.3, -0.25) is 0 Å². The van der Waals surface area contributed by atoms with Gasteiger partial charge in [0.15, 0.2) is 0 Å². The summed E-state index contributed by atoms with van der Waals surface area (Å²) in [5, 5.41) is 3.66. The summed E-state index contributed by atoms with van der Waals surface area (Å²) < 4.78 is 11.0. The molecule has 0 aliphatic carbocycles. The molecule has 0 unspecified atom stereocenters. The largest absolute Gasteiger partial charge is 0.487 e. The van der Waals surface area contributed by atoms with Crippen LogP contribution in [0.15, 0.2) is 41.0 Å². The number of hydrogen-bond donors (Lipinski definition) is 1. The smallest absolute Gasteiger partial charge is 0.138 e. The van der Waals surface area contributed by atoms with E-state index in [1.807, 2.05) is 31.3 Å². The predicted molar refractivity (Wildman–Crippen MR) is 67.3 cm³/mol. The van der Waals surface area contributed by atoms with Crippen LogP contribution in [0.1, 0.15) is 11.3 Å². The topological polar surface area (TPSA) is 34.4 Å². The molecule has 0 spiro atoms. The second-order valence-corrected chi connectivity index (χ2v) is 4.03. The molecule has 90 valence electrons. The molecule has 2 aromatic rings. The first-order valence-electron chi connectivity index (χ1n) is 5.38. The number of ether oxygens (including phenoxy) is 1. The molecule has 1 aromatic carbocycles. The summed E-state index contributed by atoms with van der Waals surface area (Å²) in [5.74, 6) is 1.57. The summed E-state index contributed by atoms with van der Waals surface area (Å²) in [5.41, 5.74) is 1.03. The summed E-state index contributed by atoms with van der Waals surface area (Å²) in [6.45, 7) is 1.14. The van der Waals surface area contributed by atoms with Gasteiger partial charge in [-0.2, -0.15) is 0 Å². The van der Waals surface area contributed by atoms with Crippen LogP contribution < -0.4 is 10.1 Å². The highest BCUT2D eigenvalue weighted by molar-refractivity contribution is 6.32. The normalized spacial score (nSPS) is 10.5. The second-order valence-electron chi connectivity index (χ2n) is 3.62. The molecule has 0 bridgehead atoms. The Balaban J connectivity index is 2.02. The molecule has 0 aliphatic heterocycles. The fourth-order valence-electron chi connectivity index (χ4n) is 1.53. The number of hydrogen-bond acceptors (Lipinski definition) is 3. The zero-order valence-electron chi connectivity index (χ0n) is 9.57. The van der Waals surface area contributed by atoms with Crippen LogP contribution in [0.5, 0.6) is 5.75 Å². The van der Waals surface area contributed by atoms with E-state index in [-0.39, 0.29) is 0 Å². The fraction of sp³-hybridized carbons (Fsp3) is 0.231. The predicted octanol–water partition coefficient (Wildman–Crippen LogP) is 3.23. The van der Waals surface area contributed by atoms with E-state index in [1.165, 1.54) is 0 Å². The number of para-hydroxylation sites is 1. The van der Waals surface area contributed by atoms with E-state index < -0.39 is 0 Å². The number of benzene rings is 1. The maximum absolute atomic E-state index is 6.00. The molecule has 0 saturated heterocycles. The molecule has 0 saturated carbocycles. The van der Waals surface area contributed by atoms with E-state index in [9.17, 15) is 0 Å². The third-order valence-corrected chi connectivity index (χ3v) is 2.71. The Kier molecular flexibility index (Phi) is 4.07. The van der Waals surface area contributed by atoms with Gasteiger partial charge in [0.05, 0.1) is 17.8 Å². The Labute approximate surface area is 105 Å². The van der Waals surface area contributed by atoms with Crippen LogP contribution in [0.4, 0.5) is 0 Å². The molecule has 1 N–H and O–H groups in total. The third-order valence-electron chi connectivity index (χ3n) is 2.39. The van der Waals surface area contributed by atoms with Gasteiger partial charge >= 0.3 is 0 Å². The Morgan fingerprint density at radius 2 is 2.12 bits per heavy atom. The SMILES string of the molecule is CNCc1occc1COc1ccccc1Cl. The van der Waals surface area contributed by atoms with Crippen molar-refractivity contribution in [2.75, 3.05) is 7.05 Å². The van der Waals surface area contributed by atoms with Gasteiger partial charge in [-0.15, -0.1) is 0 Å². The van der Waals surface area contributed by atoms with Gasteiger partial charge in [0.2, 0.25) is 0 Å². The van der Waals surface area contributed by atoms with Crippen LogP contribution in [-0.4, -0.2) is 7.05 Å². The molecule has 2 rings (SSSR count). The Bertz CT molecular complexity index is 482. The minimum atomic E-state index is 0.456. The molecule has 17 heavy (non-hydrogen) atoms. The van der Waals surface area contributed by atoms with E-state index >= 15 is 0 Å². The number of nitrogens with one attached hydrogen (secondary N) is 1. The summed E-state index contributed by atoms with van der Waals surface area (Å²) in [4.78, 5) is 0. The van der Waals surface area contributed by atoms with E-state index in [4.69, 9.17) is 20.8 Å². The van der Waals surface area contributed by atoms with Crippen molar-refractivity contribution < 1.29 is 9.15 Å². The quantitative estimate of drug-likeness (QED) is 0.886. The summed E-state index contributed by atoms with van der Waals surface area (Å²) in [6.07, 6.45) is 1.66. The number of halogens is 1. The maximum atomic E-state index is 6.00. The standard InChI is InChI=1S/C13H14ClNO2/c1-15-8-13-10(6-7-16-13)9-17-12-5-3-2-4-11(12)14/h2-7,15H,8-9H2,1H3. The highest BCUT2D eigenvalue weighted by atomic mass is 35.5. The van der Waals surface area contributed by atoms with E-state index in [1.54, 1.807) is 12.3 Å². The monoisotopic (exact) mass is 251 g/mol. The Morgan fingerprint density at radius 3 is 2.88 bits per heavy atom. The lowest BCUT2D eigenvalue weighted by molar-refractivity contribution is 0.302. The molecule has 1 aromatic heterocycles. The molecule has 0 amide bonds. The molecule has 4 heteroatoms. The Morgan fingerprint density at radius 1 is 1.29 bits per heavy atom. The molecular formula is C13H14ClNO2. The van der Waals surface area contributed by atoms with Crippen molar-refractivity contribution in [3.63, 3.8) is 0 Å². The minimum absolute atomic E-state index is 0.456. The van der Waals surface area contributed by atoms with Crippen LogP contribution in [0.2, 0.25) is 5.02 Å². The van der Waals surface area contributed by atoms with Gasteiger partial charge in [0.1, 0.15) is 18.1 Å². The van der Waals surface area contributed by atoms with Crippen molar-refractivity contribution >= 4 is 11.6 Å². The lowest BCUT2D eigenvalue weighted by atomic mass is 10.2. The van der Waals surface area contributed by atoms with Gasteiger partial charge in [-0.25, -0.2) is 0 Å². The van der Waals surface area contributed by atoms with E-state index in [0.29, 0.717) is 23.9 Å². The van der Waals surface area contributed by atoms with Gasteiger partial charge in [-0.1, -0.05) is 23.7 Å². The lowest BCUT2D eigenvalue weighted by Gasteiger charge is -2.07. The first kappa shape index (κ1) is 12.0. The molecule has 1 heterocycles. The van der Waals surface area contributed by atoms with Crippen LogP contribution in [0, 0.1) is 0 Å².